The first-order chi connectivity index (χ1) is 5.65. The lowest BCUT2D eigenvalue weighted by Crippen LogP contribution is -1.84. The van der Waals surface area contributed by atoms with Gasteiger partial charge < -0.3 is 5.11 Å². The summed E-state index contributed by atoms with van der Waals surface area (Å²) in [5, 5.41) is 9.77. The molecule has 0 amide bonds. The SMILES string of the molecule is Cc1ccc(Cl)c(/C(O)=C/Cl)c1. The van der Waals surface area contributed by atoms with Gasteiger partial charge >= 0.3 is 0 Å². The van der Waals surface area contributed by atoms with Crippen molar-refractivity contribution in [1.29, 1.82) is 0 Å². The average Bonchev–Trinajstić information content (AvgIpc) is 2.08. The molecular formula is C9H8Cl2O. The van der Waals surface area contributed by atoms with Gasteiger partial charge in [0.25, 0.3) is 0 Å². The van der Waals surface area contributed by atoms with Crippen LogP contribution in [0, 0.1) is 6.92 Å². The molecule has 0 saturated carbocycles. The Morgan fingerprint density at radius 1 is 1.50 bits per heavy atom. The number of halogens is 2. The van der Waals surface area contributed by atoms with Crippen molar-refractivity contribution in [2.45, 2.75) is 6.92 Å². The molecule has 0 aliphatic rings. The van der Waals surface area contributed by atoms with Crippen LogP contribution in [0.5, 0.6) is 0 Å². The Labute approximate surface area is 81.2 Å². The summed E-state index contributed by atoms with van der Waals surface area (Å²) < 4.78 is 0. The van der Waals surface area contributed by atoms with Crippen molar-refractivity contribution in [2.75, 3.05) is 0 Å². The highest BCUT2D eigenvalue weighted by Gasteiger charge is 2.03. The van der Waals surface area contributed by atoms with Gasteiger partial charge in [-0.3, -0.25) is 0 Å². The van der Waals surface area contributed by atoms with Crippen molar-refractivity contribution in [3.05, 3.63) is 39.9 Å². The average molecular weight is 203 g/mol. The van der Waals surface area contributed by atoms with Crippen LogP contribution in [-0.2, 0) is 0 Å². The summed E-state index contributed by atoms with van der Waals surface area (Å²) in [6, 6.07) is 5.37. The van der Waals surface area contributed by atoms with Gasteiger partial charge in [0.05, 0.1) is 5.02 Å². The van der Waals surface area contributed by atoms with E-state index in [4.69, 9.17) is 23.2 Å². The molecule has 1 aromatic rings. The third kappa shape index (κ3) is 1.93. The first kappa shape index (κ1) is 9.43. The molecule has 1 nitrogen and oxygen atoms in total. The standard InChI is InChI=1S/C9H8Cl2O/c1-6-2-3-8(11)7(4-6)9(12)5-10/h2-5,12H,1H3/b9-5-. The summed E-state index contributed by atoms with van der Waals surface area (Å²) in [5.41, 5.74) is 2.69. The highest BCUT2D eigenvalue weighted by molar-refractivity contribution is 6.33. The van der Waals surface area contributed by atoms with Crippen LogP contribution >= 0.6 is 23.2 Å². The van der Waals surface area contributed by atoms with E-state index >= 15 is 0 Å². The Hall–Kier alpha value is -0.660. The maximum atomic E-state index is 9.28. The second-order valence-electron chi connectivity index (χ2n) is 2.48. The van der Waals surface area contributed by atoms with Crippen molar-refractivity contribution in [3.8, 4) is 0 Å². The van der Waals surface area contributed by atoms with Crippen molar-refractivity contribution in [1.82, 2.24) is 0 Å². The van der Waals surface area contributed by atoms with Gasteiger partial charge in [0.2, 0.25) is 0 Å². The third-order valence-corrected chi connectivity index (χ3v) is 2.04. The summed E-state index contributed by atoms with van der Waals surface area (Å²) in [6.07, 6.45) is 0. The number of hydrogen-bond donors (Lipinski definition) is 1. The maximum absolute atomic E-state index is 9.28. The summed E-state index contributed by atoms with van der Waals surface area (Å²) in [7, 11) is 0. The Balaban J connectivity index is 3.23. The predicted molar refractivity (Wildman–Crippen MR) is 52.6 cm³/mol. The molecule has 0 bridgehead atoms. The van der Waals surface area contributed by atoms with Crippen molar-refractivity contribution in [3.63, 3.8) is 0 Å². The summed E-state index contributed by atoms with van der Waals surface area (Å²) >= 11 is 11.2. The van der Waals surface area contributed by atoms with E-state index in [1.807, 2.05) is 13.0 Å². The van der Waals surface area contributed by atoms with Crippen molar-refractivity contribution >= 4 is 29.0 Å². The Kier molecular flexibility index (Phi) is 3.01. The number of rotatable bonds is 1. The molecule has 0 heterocycles. The van der Waals surface area contributed by atoms with Gasteiger partial charge in [-0.1, -0.05) is 34.8 Å². The fraction of sp³-hybridized carbons (Fsp3) is 0.111. The molecule has 1 aromatic carbocycles. The molecule has 0 radical (unpaired) electrons. The first-order valence-electron chi connectivity index (χ1n) is 3.41. The van der Waals surface area contributed by atoms with E-state index in [2.05, 4.69) is 0 Å². The lowest BCUT2D eigenvalue weighted by atomic mass is 10.1. The first-order valence-corrected chi connectivity index (χ1v) is 4.22. The Morgan fingerprint density at radius 3 is 2.75 bits per heavy atom. The van der Waals surface area contributed by atoms with Crippen LogP contribution < -0.4 is 0 Å². The van der Waals surface area contributed by atoms with Crippen LogP contribution in [0.2, 0.25) is 5.02 Å². The Bertz CT molecular complexity index is 318. The van der Waals surface area contributed by atoms with E-state index in [9.17, 15) is 5.11 Å². The van der Waals surface area contributed by atoms with Gasteiger partial charge in [0.1, 0.15) is 5.76 Å². The number of aryl methyl sites for hydroxylation is 1. The van der Waals surface area contributed by atoms with E-state index < -0.39 is 0 Å². The summed E-state index contributed by atoms with van der Waals surface area (Å²) in [5.74, 6) is -0.00892. The number of hydrogen-bond acceptors (Lipinski definition) is 1. The van der Waals surface area contributed by atoms with Gasteiger partial charge in [-0.25, -0.2) is 0 Å². The fourth-order valence-corrected chi connectivity index (χ4v) is 1.23. The predicted octanol–water partition coefficient (Wildman–Crippen LogP) is 3.74. The highest BCUT2D eigenvalue weighted by atomic mass is 35.5. The minimum Gasteiger partial charge on any atom is -0.506 e. The molecular weight excluding hydrogens is 195 g/mol. The minimum atomic E-state index is -0.00892. The molecule has 1 rings (SSSR count). The summed E-state index contributed by atoms with van der Waals surface area (Å²) in [4.78, 5) is 0. The monoisotopic (exact) mass is 202 g/mol. The van der Waals surface area contributed by atoms with Crippen molar-refractivity contribution in [2.24, 2.45) is 0 Å². The maximum Gasteiger partial charge on any atom is 0.135 e. The van der Waals surface area contributed by atoms with Gasteiger partial charge in [0, 0.05) is 11.1 Å². The largest absolute Gasteiger partial charge is 0.506 e. The fourth-order valence-electron chi connectivity index (χ4n) is 0.894. The van der Waals surface area contributed by atoms with E-state index in [0.717, 1.165) is 11.1 Å². The van der Waals surface area contributed by atoms with E-state index in [1.54, 1.807) is 12.1 Å². The molecule has 12 heavy (non-hydrogen) atoms. The van der Waals surface area contributed by atoms with Crippen LogP contribution in [0.25, 0.3) is 5.76 Å². The van der Waals surface area contributed by atoms with Crippen molar-refractivity contribution < 1.29 is 5.11 Å². The van der Waals surface area contributed by atoms with E-state index in [0.29, 0.717) is 10.6 Å². The second-order valence-corrected chi connectivity index (χ2v) is 3.10. The molecule has 0 aliphatic heterocycles. The summed E-state index contributed by atoms with van der Waals surface area (Å²) in [6.45, 7) is 1.92. The van der Waals surface area contributed by atoms with E-state index in [1.165, 1.54) is 0 Å². The van der Waals surface area contributed by atoms with Crippen LogP contribution in [0.4, 0.5) is 0 Å². The molecule has 0 aliphatic carbocycles. The molecule has 64 valence electrons. The quantitative estimate of drug-likeness (QED) is 0.689. The number of aliphatic hydroxyl groups is 1. The third-order valence-electron chi connectivity index (χ3n) is 1.50. The number of benzene rings is 1. The van der Waals surface area contributed by atoms with Gasteiger partial charge in [-0.05, 0) is 19.1 Å². The van der Waals surface area contributed by atoms with Gasteiger partial charge in [-0.15, -0.1) is 0 Å². The molecule has 0 aromatic heterocycles. The number of aliphatic hydroxyl groups excluding tert-OH is 1. The smallest absolute Gasteiger partial charge is 0.135 e. The second kappa shape index (κ2) is 3.83. The molecule has 3 heteroatoms. The molecule has 1 N–H and O–H groups in total. The van der Waals surface area contributed by atoms with E-state index in [-0.39, 0.29) is 5.76 Å². The lowest BCUT2D eigenvalue weighted by molar-refractivity contribution is 0.513. The molecule has 0 saturated heterocycles. The zero-order valence-electron chi connectivity index (χ0n) is 6.51. The highest BCUT2D eigenvalue weighted by Crippen LogP contribution is 2.23. The Morgan fingerprint density at radius 2 is 2.17 bits per heavy atom. The van der Waals surface area contributed by atoms with Crippen LogP contribution in [0.15, 0.2) is 23.7 Å². The molecule has 0 atom stereocenters. The molecule has 0 fully saturated rings. The normalized spacial score (nSPS) is 11.8. The zero-order valence-corrected chi connectivity index (χ0v) is 8.02. The van der Waals surface area contributed by atoms with Gasteiger partial charge in [-0.2, -0.15) is 0 Å². The minimum absolute atomic E-state index is 0.00892. The molecule has 0 spiro atoms. The molecule has 0 unspecified atom stereocenters. The van der Waals surface area contributed by atoms with Crippen LogP contribution in [-0.4, -0.2) is 5.11 Å². The zero-order chi connectivity index (χ0) is 9.14. The van der Waals surface area contributed by atoms with Crippen LogP contribution in [0.3, 0.4) is 0 Å². The van der Waals surface area contributed by atoms with Crippen LogP contribution in [0.1, 0.15) is 11.1 Å². The van der Waals surface area contributed by atoms with Gasteiger partial charge in [0.15, 0.2) is 0 Å². The lowest BCUT2D eigenvalue weighted by Gasteiger charge is -2.02. The topological polar surface area (TPSA) is 20.2 Å².